The monoisotopic (exact) mass is 868 g/mol. The van der Waals surface area contributed by atoms with Gasteiger partial charge in [0, 0.05) is 12.0 Å². The van der Waals surface area contributed by atoms with Crippen LogP contribution in [-0.4, -0.2) is 101 Å². The molecule has 3 aliphatic carbocycles. The number of allylic oxidation sites excluding steroid dienone is 2. The average molecular weight is 869 g/mol. The molecule has 1 aromatic carbocycles. The number of aromatic nitrogens is 2. The van der Waals surface area contributed by atoms with Crippen LogP contribution in [0.2, 0.25) is 0 Å². The van der Waals surface area contributed by atoms with Crippen LogP contribution in [0.15, 0.2) is 30.4 Å². The summed E-state index contributed by atoms with van der Waals surface area (Å²) in [6.45, 7) is 7.17. The first-order chi connectivity index (χ1) is 28.0. The second-order valence-electron chi connectivity index (χ2n) is 17.7. The second kappa shape index (κ2) is 16.3. The number of ether oxygens (including phenoxy) is 2. The van der Waals surface area contributed by atoms with Crippen molar-refractivity contribution in [3.8, 4) is 11.6 Å². The summed E-state index contributed by atoms with van der Waals surface area (Å²) in [6.07, 6.45) is -0.882. The van der Waals surface area contributed by atoms with Gasteiger partial charge < -0.3 is 30.1 Å². The first-order valence-corrected chi connectivity index (χ1v) is 21.5. The summed E-state index contributed by atoms with van der Waals surface area (Å²) in [6, 6.07) is 1.27. The van der Waals surface area contributed by atoms with E-state index in [1.54, 1.807) is 27.7 Å². The van der Waals surface area contributed by atoms with Gasteiger partial charge in [-0.25, -0.2) is 32.0 Å². The Bertz CT molecular complexity index is 2160. The van der Waals surface area contributed by atoms with Gasteiger partial charge >= 0.3 is 12.0 Å². The zero-order valence-electron chi connectivity index (χ0n) is 34.3. The summed E-state index contributed by atoms with van der Waals surface area (Å²) in [7, 11) is -2.93. The molecule has 0 spiro atoms. The molecule has 4 aliphatic rings. The molecule has 1 saturated heterocycles. The van der Waals surface area contributed by atoms with E-state index < -0.39 is 116 Å². The smallest absolute Gasteiger partial charge is 0.405 e. The van der Waals surface area contributed by atoms with Crippen molar-refractivity contribution in [2.75, 3.05) is 13.7 Å². The van der Waals surface area contributed by atoms with E-state index in [4.69, 9.17) is 9.47 Å². The minimum absolute atomic E-state index is 0.00487. The van der Waals surface area contributed by atoms with Crippen molar-refractivity contribution in [1.82, 2.24) is 30.2 Å². The maximum Gasteiger partial charge on any atom is 0.405 e. The van der Waals surface area contributed by atoms with Crippen LogP contribution in [0.4, 0.5) is 22.4 Å². The Labute approximate surface area is 345 Å². The topological polar surface area (TPSA) is 206 Å². The molecule has 15 nitrogen and oxygen atoms in total. The van der Waals surface area contributed by atoms with E-state index in [9.17, 15) is 41.5 Å². The molecule has 0 bridgehead atoms. The molecule has 1 aliphatic heterocycles. The first kappa shape index (κ1) is 44.8. The molecule has 4 N–H and O–H groups in total. The number of hydrogen-bond acceptors (Lipinski definition) is 10. The minimum Gasteiger partial charge on any atom is -0.497 e. The molecule has 4 fully saturated rings. The van der Waals surface area contributed by atoms with E-state index in [0.717, 1.165) is 24.2 Å². The molecule has 2 aromatic rings. The van der Waals surface area contributed by atoms with Crippen molar-refractivity contribution < 1.29 is 59.7 Å². The van der Waals surface area contributed by atoms with Gasteiger partial charge in [0.15, 0.2) is 5.69 Å². The van der Waals surface area contributed by atoms with Gasteiger partial charge in [-0.15, -0.1) is 0 Å². The largest absolute Gasteiger partial charge is 0.497 e. The molecule has 60 heavy (non-hydrogen) atoms. The Kier molecular flexibility index (Phi) is 12.1. The lowest BCUT2D eigenvalue weighted by Gasteiger charge is -2.35. The van der Waals surface area contributed by atoms with Crippen LogP contribution in [0, 0.1) is 23.2 Å². The molecule has 0 unspecified atom stereocenters. The third-order valence-electron chi connectivity index (χ3n) is 12.1. The molecule has 3 saturated carbocycles. The van der Waals surface area contributed by atoms with Crippen LogP contribution in [0.3, 0.4) is 0 Å². The number of sulfonamides is 1. The van der Waals surface area contributed by atoms with Crippen LogP contribution < -0.4 is 24.8 Å². The maximum absolute atomic E-state index is 16.2. The molecule has 1 aromatic heterocycles. The predicted molar refractivity (Wildman–Crippen MR) is 209 cm³/mol. The first-order valence-electron chi connectivity index (χ1n) is 20.0. The zero-order valence-corrected chi connectivity index (χ0v) is 35.1. The minimum atomic E-state index is -4.33. The number of carbonyl (C=O) groups excluding carboxylic acids is 3. The summed E-state index contributed by atoms with van der Waals surface area (Å²) in [4.78, 5) is 64.2. The molecule has 6 atom stereocenters. The third-order valence-corrected chi connectivity index (χ3v) is 14.2. The molecule has 2 heterocycles. The fourth-order valence-corrected chi connectivity index (χ4v) is 9.07. The summed E-state index contributed by atoms with van der Waals surface area (Å²) in [5.41, 5.74) is -4.15. The highest BCUT2D eigenvalue weighted by molar-refractivity contribution is 7.91. The number of amides is 4. The number of carbonyl (C=O) groups is 4. The number of nitrogens with zero attached hydrogens (tertiary/aromatic N) is 3. The molecule has 4 amide bonds. The molecule has 20 heteroatoms. The average Bonchev–Trinajstić information content (AvgIpc) is 4.10. The Balaban J connectivity index is 1.39. The van der Waals surface area contributed by atoms with Crippen LogP contribution >= 0.6 is 0 Å². The van der Waals surface area contributed by atoms with E-state index in [1.165, 1.54) is 38.3 Å². The predicted octanol–water partition coefficient (Wildman–Crippen LogP) is 5.28. The number of benzene rings is 1. The van der Waals surface area contributed by atoms with Crippen LogP contribution in [-0.2, 0) is 30.3 Å². The van der Waals surface area contributed by atoms with Crippen molar-refractivity contribution >= 4 is 44.9 Å². The van der Waals surface area contributed by atoms with Crippen LogP contribution in [0.25, 0.3) is 11.0 Å². The standard InChI is InChI=1S/C40H52F4N6O9S/c1-7-23-27(59-33-29(40(43,44)15-9-8-10-21-11-12-21)45-25-14-13-22(58-6)18-26(25)46-33)20-50(34(52)30(37(2,3)4)47-36(54)55)28(23)32(51)48-39(19-24(39)31(41)42)35(53)49-60(56,57)38(5)16-17-38/h9,13-15,18,21,23-24,27-28,30-31,47H,7-8,10-12,16-17,19-20H2,1-6H3,(H,48,51)(H,49,53)(H,54,55)/b15-9+/t23-,24+,27+,28+,30-,39-/m1/s1. The molecular formula is C40H52F4N6O9S. The normalized spacial score (nSPS) is 25.6. The number of rotatable bonds is 17. The quantitative estimate of drug-likeness (QED) is 0.119. The Morgan fingerprint density at radius 3 is 2.33 bits per heavy atom. The van der Waals surface area contributed by atoms with Gasteiger partial charge in [-0.05, 0) is 75.0 Å². The maximum atomic E-state index is 16.2. The lowest BCUT2D eigenvalue weighted by molar-refractivity contribution is -0.143. The van der Waals surface area contributed by atoms with Gasteiger partial charge in [0.05, 0.1) is 35.4 Å². The number of methoxy groups -OCH3 is 1. The molecule has 0 radical (unpaired) electrons. The van der Waals surface area contributed by atoms with Crippen molar-refractivity contribution in [3.05, 3.63) is 36.0 Å². The number of likely N-dealkylation sites (tertiary alicyclic amines) is 1. The molecule has 330 valence electrons. The number of nitrogens with one attached hydrogen (secondary N) is 3. The highest BCUT2D eigenvalue weighted by Gasteiger charge is 2.68. The fourth-order valence-electron chi connectivity index (χ4n) is 7.75. The van der Waals surface area contributed by atoms with Gasteiger partial charge in [0.2, 0.25) is 34.1 Å². The zero-order chi connectivity index (χ0) is 44.2. The number of halogens is 4. The third kappa shape index (κ3) is 9.12. The Morgan fingerprint density at radius 1 is 1.10 bits per heavy atom. The highest BCUT2D eigenvalue weighted by Crippen LogP contribution is 2.50. The highest BCUT2D eigenvalue weighted by atomic mass is 32.2. The number of hydrogen-bond donors (Lipinski definition) is 4. The lowest BCUT2D eigenvalue weighted by Crippen LogP contribution is -2.61. The number of carboxylic acid groups (broad SMARTS) is 1. The number of alkyl halides is 4. The van der Waals surface area contributed by atoms with E-state index in [-0.39, 0.29) is 30.3 Å². The fraction of sp³-hybridized carbons (Fsp3) is 0.650. The van der Waals surface area contributed by atoms with Gasteiger partial charge in [0.1, 0.15) is 29.5 Å². The number of fused-ring (bicyclic) bond motifs is 1. The summed E-state index contributed by atoms with van der Waals surface area (Å²) >= 11 is 0. The van der Waals surface area contributed by atoms with Crippen molar-refractivity contribution in [2.24, 2.45) is 23.2 Å². The van der Waals surface area contributed by atoms with E-state index in [1.807, 2.05) is 4.72 Å². The summed E-state index contributed by atoms with van der Waals surface area (Å²) in [5.74, 6) is -9.85. The van der Waals surface area contributed by atoms with Gasteiger partial charge in [0.25, 0.3) is 5.91 Å². The van der Waals surface area contributed by atoms with E-state index in [0.29, 0.717) is 24.2 Å². The van der Waals surface area contributed by atoms with Crippen molar-refractivity contribution in [3.63, 3.8) is 0 Å². The van der Waals surface area contributed by atoms with Crippen molar-refractivity contribution in [2.45, 2.75) is 127 Å². The van der Waals surface area contributed by atoms with Gasteiger partial charge in [-0.1, -0.05) is 46.6 Å². The van der Waals surface area contributed by atoms with Crippen LogP contribution in [0.1, 0.15) is 91.7 Å². The van der Waals surface area contributed by atoms with E-state index >= 15 is 8.78 Å². The van der Waals surface area contributed by atoms with Crippen molar-refractivity contribution in [1.29, 1.82) is 0 Å². The Morgan fingerprint density at radius 2 is 1.78 bits per heavy atom. The summed E-state index contributed by atoms with van der Waals surface area (Å²) < 4.78 is 99.2. The van der Waals surface area contributed by atoms with Gasteiger partial charge in [-0.3, -0.25) is 19.1 Å². The molecule has 6 rings (SSSR count). The van der Waals surface area contributed by atoms with Crippen LogP contribution in [0.5, 0.6) is 11.6 Å². The molecular weight excluding hydrogens is 817 g/mol. The Hall–Kier alpha value is -4.75. The second-order valence-corrected chi connectivity index (χ2v) is 19.9. The SMILES string of the molecule is CC[C@@H]1[C@@H](Oc2nc3cc(OC)ccc3nc2C(F)(F)/C=C/CCC2CC2)CN(C(=O)[C@@H](NC(=O)O)C(C)(C)C)[C@@H]1C(=O)N[C@]1(C(=O)NS(=O)(=O)C2(C)CC2)C[C@H]1C(F)F. The lowest BCUT2D eigenvalue weighted by atomic mass is 9.85. The van der Waals surface area contributed by atoms with E-state index in [2.05, 4.69) is 20.6 Å². The summed E-state index contributed by atoms with van der Waals surface area (Å²) in [5, 5.41) is 14.2. The van der Waals surface area contributed by atoms with Gasteiger partial charge in [-0.2, -0.15) is 8.78 Å².